The second-order valence-electron chi connectivity index (χ2n) is 4.04. The van der Waals surface area contributed by atoms with Crippen LogP contribution in [0.1, 0.15) is 0 Å². The Hall–Kier alpha value is -1.21. The van der Waals surface area contributed by atoms with Crippen LogP contribution in [0.15, 0.2) is 16.7 Å². The van der Waals surface area contributed by atoms with E-state index in [-0.39, 0.29) is 5.69 Å². The molecule has 0 spiro atoms. The Kier molecular flexibility index (Phi) is 3.58. The van der Waals surface area contributed by atoms with Gasteiger partial charge in [0.1, 0.15) is 16.5 Å². The van der Waals surface area contributed by atoms with E-state index in [1.54, 1.807) is 6.07 Å². The fourth-order valence-corrected chi connectivity index (χ4v) is 2.21. The highest BCUT2D eigenvalue weighted by molar-refractivity contribution is 9.10. The minimum absolute atomic E-state index is 0.00266. The summed E-state index contributed by atoms with van der Waals surface area (Å²) < 4.78 is 0.478. The van der Waals surface area contributed by atoms with Gasteiger partial charge >= 0.3 is 5.69 Å². The van der Waals surface area contributed by atoms with Crippen LogP contribution in [-0.2, 0) is 0 Å². The minimum atomic E-state index is -0.440. The maximum absolute atomic E-state index is 10.7. The Balaban J connectivity index is 2.17. The van der Waals surface area contributed by atoms with Crippen LogP contribution in [0, 0.1) is 10.1 Å². The van der Waals surface area contributed by atoms with Gasteiger partial charge in [0.25, 0.3) is 0 Å². The first kappa shape index (κ1) is 12.3. The second kappa shape index (κ2) is 4.97. The molecular formula is C10H13BrN4O2. The number of halogens is 1. The lowest BCUT2D eigenvalue weighted by Crippen LogP contribution is -2.44. The number of nitrogens with zero attached hydrogens (tertiary/aromatic N) is 4. The van der Waals surface area contributed by atoms with Crippen molar-refractivity contribution in [3.63, 3.8) is 0 Å². The number of anilines is 1. The van der Waals surface area contributed by atoms with Gasteiger partial charge in [0.2, 0.25) is 0 Å². The normalized spacial score (nSPS) is 17.2. The van der Waals surface area contributed by atoms with Crippen LogP contribution in [0.3, 0.4) is 0 Å². The lowest BCUT2D eigenvalue weighted by molar-refractivity contribution is -0.386. The number of aromatic nitrogens is 1. The molecule has 0 bridgehead atoms. The van der Waals surface area contributed by atoms with Crippen LogP contribution >= 0.6 is 15.9 Å². The van der Waals surface area contributed by atoms with Gasteiger partial charge in [0.05, 0.1) is 4.92 Å². The SMILES string of the molecule is CN1CCN(c2cc(Br)c([N+](=O)[O-])cn2)CC1. The number of likely N-dealkylation sites (N-methyl/N-ethyl adjacent to an activating group) is 1. The quantitative estimate of drug-likeness (QED) is 0.612. The molecule has 0 unspecified atom stereocenters. The Morgan fingerprint density at radius 2 is 2.06 bits per heavy atom. The van der Waals surface area contributed by atoms with Crippen molar-refractivity contribution in [3.05, 3.63) is 26.9 Å². The Bertz CT molecular complexity index is 432. The van der Waals surface area contributed by atoms with Crippen molar-refractivity contribution in [2.24, 2.45) is 0 Å². The van der Waals surface area contributed by atoms with Gasteiger partial charge in [-0.25, -0.2) is 4.98 Å². The zero-order valence-corrected chi connectivity index (χ0v) is 11.1. The number of rotatable bonds is 2. The third kappa shape index (κ3) is 2.73. The van der Waals surface area contributed by atoms with Crippen molar-refractivity contribution >= 4 is 27.4 Å². The molecule has 0 aliphatic carbocycles. The van der Waals surface area contributed by atoms with Gasteiger partial charge in [-0.05, 0) is 23.0 Å². The van der Waals surface area contributed by atoms with Gasteiger partial charge in [0.15, 0.2) is 0 Å². The molecule has 0 saturated carbocycles. The first-order chi connectivity index (χ1) is 8.08. The van der Waals surface area contributed by atoms with E-state index in [1.165, 1.54) is 6.20 Å². The summed E-state index contributed by atoms with van der Waals surface area (Å²) in [6, 6.07) is 1.71. The van der Waals surface area contributed by atoms with Crippen LogP contribution < -0.4 is 4.90 Å². The van der Waals surface area contributed by atoms with Gasteiger partial charge in [0, 0.05) is 32.2 Å². The molecule has 1 aromatic heterocycles. The molecule has 2 rings (SSSR count). The summed E-state index contributed by atoms with van der Waals surface area (Å²) in [7, 11) is 2.08. The van der Waals surface area contributed by atoms with Gasteiger partial charge in [-0.2, -0.15) is 0 Å². The highest BCUT2D eigenvalue weighted by Gasteiger charge is 2.18. The summed E-state index contributed by atoms with van der Waals surface area (Å²) >= 11 is 3.21. The highest BCUT2D eigenvalue weighted by Crippen LogP contribution is 2.27. The predicted molar refractivity (Wildman–Crippen MR) is 68.3 cm³/mol. The summed E-state index contributed by atoms with van der Waals surface area (Å²) in [6.45, 7) is 3.76. The average Bonchev–Trinajstić information content (AvgIpc) is 2.29. The number of nitro groups is 1. The predicted octanol–water partition coefficient (Wildman–Crippen LogP) is 1.50. The topological polar surface area (TPSA) is 62.5 Å². The zero-order chi connectivity index (χ0) is 12.4. The molecule has 2 heterocycles. The number of pyridine rings is 1. The van der Waals surface area contributed by atoms with E-state index in [0.717, 1.165) is 32.0 Å². The van der Waals surface area contributed by atoms with Crippen molar-refractivity contribution in [1.82, 2.24) is 9.88 Å². The summed E-state index contributed by atoms with van der Waals surface area (Å²) in [6.07, 6.45) is 1.30. The van der Waals surface area contributed by atoms with E-state index in [1.807, 2.05) is 0 Å². The van der Waals surface area contributed by atoms with Crippen molar-refractivity contribution in [1.29, 1.82) is 0 Å². The van der Waals surface area contributed by atoms with E-state index in [0.29, 0.717) is 4.47 Å². The third-order valence-electron chi connectivity index (χ3n) is 2.84. The maximum atomic E-state index is 10.7. The molecular weight excluding hydrogens is 288 g/mol. The summed E-state index contributed by atoms with van der Waals surface area (Å²) in [4.78, 5) is 18.8. The molecule has 1 fully saturated rings. The molecule has 1 aliphatic rings. The molecule has 0 amide bonds. The largest absolute Gasteiger partial charge is 0.354 e. The number of hydrogen-bond donors (Lipinski definition) is 0. The molecule has 1 aliphatic heterocycles. The first-order valence-electron chi connectivity index (χ1n) is 5.31. The van der Waals surface area contributed by atoms with Crippen molar-refractivity contribution < 1.29 is 4.92 Å². The van der Waals surface area contributed by atoms with Crippen LogP contribution in [0.2, 0.25) is 0 Å². The van der Waals surface area contributed by atoms with Crippen molar-refractivity contribution in [2.75, 3.05) is 38.1 Å². The fraction of sp³-hybridized carbons (Fsp3) is 0.500. The van der Waals surface area contributed by atoms with Crippen LogP contribution in [0.5, 0.6) is 0 Å². The number of hydrogen-bond acceptors (Lipinski definition) is 5. The molecule has 1 saturated heterocycles. The molecule has 92 valence electrons. The van der Waals surface area contributed by atoms with Crippen molar-refractivity contribution in [2.45, 2.75) is 0 Å². The van der Waals surface area contributed by atoms with E-state index in [2.05, 4.69) is 37.8 Å². The van der Waals surface area contributed by atoms with E-state index in [9.17, 15) is 10.1 Å². The first-order valence-corrected chi connectivity index (χ1v) is 6.10. The van der Waals surface area contributed by atoms with E-state index < -0.39 is 4.92 Å². The smallest absolute Gasteiger partial charge is 0.301 e. The zero-order valence-electron chi connectivity index (χ0n) is 9.47. The standard InChI is InChI=1S/C10H13BrN4O2/c1-13-2-4-14(5-3-13)10-6-8(11)9(7-12-10)15(16)17/h6-7H,2-5H2,1H3. The Morgan fingerprint density at radius 1 is 1.41 bits per heavy atom. The minimum Gasteiger partial charge on any atom is -0.354 e. The second-order valence-corrected chi connectivity index (χ2v) is 4.90. The molecule has 7 heteroatoms. The van der Waals surface area contributed by atoms with Gasteiger partial charge < -0.3 is 9.80 Å². The molecule has 0 aromatic carbocycles. The molecule has 0 radical (unpaired) electrons. The molecule has 0 atom stereocenters. The van der Waals surface area contributed by atoms with E-state index >= 15 is 0 Å². The monoisotopic (exact) mass is 300 g/mol. The molecule has 17 heavy (non-hydrogen) atoms. The molecule has 6 nitrogen and oxygen atoms in total. The third-order valence-corrected chi connectivity index (χ3v) is 3.48. The lowest BCUT2D eigenvalue weighted by Gasteiger charge is -2.33. The summed E-state index contributed by atoms with van der Waals surface area (Å²) in [5, 5.41) is 10.7. The molecule has 1 aromatic rings. The van der Waals surface area contributed by atoms with Crippen LogP contribution in [0.4, 0.5) is 11.5 Å². The van der Waals surface area contributed by atoms with Crippen molar-refractivity contribution in [3.8, 4) is 0 Å². The number of piperazine rings is 1. The summed E-state index contributed by atoms with van der Waals surface area (Å²) in [5.74, 6) is 0.788. The van der Waals surface area contributed by atoms with Gasteiger partial charge in [-0.15, -0.1) is 0 Å². The fourth-order valence-electron chi connectivity index (χ4n) is 1.76. The maximum Gasteiger partial charge on any atom is 0.301 e. The van der Waals surface area contributed by atoms with Crippen LogP contribution in [0.25, 0.3) is 0 Å². The summed E-state index contributed by atoms with van der Waals surface area (Å²) in [5.41, 5.74) is 0.00266. The van der Waals surface area contributed by atoms with Crippen LogP contribution in [-0.4, -0.2) is 48.0 Å². The Labute approximate surface area is 108 Å². The van der Waals surface area contributed by atoms with Gasteiger partial charge in [-0.1, -0.05) is 0 Å². The highest BCUT2D eigenvalue weighted by atomic mass is 79.9. The van der Waals surface area contributed by atoms with Gasteiger partial charge in [-0.3, -0.25) is 10.1 Å². The molecule has 0 N–H and O–H groups in total. The lowest BCUT2D eigenvalue weighted by atomic mass is 10.3. The Morgan fingerprint density at radius 3 is 2.59 bits per heavy atom. The van der Waals surface area contributed by atoms with E-state index in [4.69, 9.17) is 0 Å². The average molecular weight is 301 g/mol.